The second kappa shape index (κ2) is 9.96. The van der Waals surface area contributed by atoms with E-state index in [9.17, 15) is 0 Å². The lowest BCUT2D eigenvalue weighted by atomic mass is 9.88. The first-order valence-corrected chi connectivity index (χ1v) is 14.4. The Morgan fingerprint density at radius 1 is 0.718 bits per heavy atom. The number of halogens is 1. The summed E-state index contributed by atoms with van der Waals surface area (Å²) in [5.41, 5.74) is 5.05. The van der Waals surface area contributed by atoms with Crippen molar-refractivity contribution in [1.82, 2.24) is 0 Å². The number of amidine groups is 1. The Morgan fingerprint density at radius 2 is 1.38 bits per heavy atom. The summed E-state index contributed by atoms with van der Waals surface area (Å²) in [6.07, 6.45) is 0.783. The zero-order valence-corrected chi connectivity index (χ0v) is 22.8. The number of benzene rings is 5. The maximum atomic E-state index is 6.54. The first-order valence-electron chi connectivity index (χ1n) is 13.1. The molecule has 0 amide bonds. The van der Waals surface area contributed by atoms with Crippen LogP contribution in [-0.2, 0) is 5.66 Å². The highest BCUT2D eigenvalue weighted by atomic mass is 35.5. The lowest BCUT2D eigenvalue weighted by molar-refractivity contribution is 0.407. The highest BCUT2D eigenvalue weighted by Crippen LogP contribution is 2.57. The van der Waals surface area contributed by atoms with E-state index in [0.717, 1.165) is 34.2 Å². The Balaban J connectivity index is 1.55. The Bertz CT molecular complexity index is 1640. The fourth-order valence-corrected chi connectivity index (χ4v) is 7.30. The van der Waals surface area contributed by atoms with Crippen molar-refractivity contribution in [3.63, 3.8) is 0 Å². The second-order valence-corrected chi connectivity index (χ2v) is 11.5. The van der Waals surface area contributed by atoms with Gasteiger partial charge in [-0.1, -0.05) is 115 Å². The normalized spacial score (nSPS) is 20.1. The van der Waals surface area contributed by atoms with Crippen LogP contribution in [-0.4, -0.2) is 5.84 Å². The number of para-hydroxylation sites is 2. The van der Waals surface area contributed by atoms with Crippen molar-refractivity contribution < 1.29 is 0 Å². The number of anilines is 2. The van der Waals surface area contributed by atoms with E-state index in [1.54, 1.807) is 0 Å². The molecule has 0 unspecified atom stereocenters. The van der Waals surface area contributed by atoms with Crippen LogP contribution in [0.2, 0.25) is 5.02 Å². The SMILES string of the molecule is Clc1cccc([C@@H]2C[C@]3(c4ccccc4)N(c4ccccc4)N=C(c4ccccc4)N3c3ccccc3S2)c1. The van der Waals surface area contributed by atoms with Gasteiger partial charge in [0.25, 0.3) is 0 Å². The van der Waals surface area contributed by atoms with Crippen LogP contribution >= 0.6 is 23.4 Å². The van der Waals surface area contributed by atoms with Crippen molar-refractivity contribution in [2.24, 2.45) is 5.10 Å². The summed E-state index contributed by atoms with van der Waals surface area (Å²) in [6.45, 7) is 0. The minimum Gasteiger partial charge on any atom is -0.294 e. The van der Waals surface area contributed by atoms with Crippen LogP contribution in [0.4, 0.5) is 11.4 Å². The quantitative estimate of drug-likeness (QED) is 0.225. The van der Waals surface area contributed by atoms with Crippen molar-refractivity contribution in [3.05, 3.63) is 161 Å². The largest absolute Gasteiger partial charge is 0.294 e. The Morgan fingerprint density at radius 3 is 2.13 bits per heavy atom. The predicted molar refractivity (Wildman–Crippen MR) is 164 cm³/mol. The van der Waals surface area contributed by atoms with Crippen LogP contribution in [0.25, 0.3) is 0 Å². The molecule has 2 aliphatic heterocycles. The Kier molecular flexibility index (Phi) is 6.15. The zero-order chi connectivity index (χ0) is 26.2. The van der Waals surface area contributed by atoms with Gasteiger partial charge in [-0.3, -0.25) is 4.90 Å². The van der Waals surface area contributed by atoms with Gasteiger partial charge in [0.15, 0.2) is 11.5 Å². The Hall–Kier alpha value is -3.99. The summed E-state index contributed by atoms with van der Waals surface area (Å²) in [4.78, 5) is 3.69. The van der Waals surface area contributed by atoms with E-state index >= 15 is 0 Å². The summed E-state index contributed by atoms with van der Waals surface area (Å²) < 4.78 is 0. The molecule has 0 radical (unpaired) electrons. The average molecular weight is 544 g/mol. The van der Waals surface area contributed by atoms with Gasteiger partial charge >= 0.3 is 0 Å². The molecule has 0 aromatic heterocycles. The molecule has 0 N–H and O–H groups in total. The Labute approximate surface area is 238 Å². The molecule has 0 saturated heterocycles. The van der Waals surface area contributed by atoms with Gasteiger partial charge in [-0.05, 0) is 42.0 Å². The lowest BCUT2D eigenvalue weighted by Crippen LogP contribution is -2.54. The zero-order valence-electron chi connectivity index (χ0n) is 21.2. The molecule has 0 fully saturated rings. The molecule has 0 bridgehead atoms. The number of thioether (sulfide) groups is 1. The number of nitrogens with zero attached hydrogens (tertiary/aromatic N) is 3. The third-order valence-corrected chi connectivity index (χ3v) is 9.02. The van der Waals surface area contributed by atoms with E-state index in [1.807, 2.05) is 17.8 Å². The van der Waals surface area contributed by atoms with E-state index in [4.69, 9.17) is 16.7 Å². The molecule has 7 rings (SSSR count). The van der Waals surface area contributed by atoms with E-state index in [0.29, 0.717) is 0 Å². The first kappa shape index (κ1) is 24.1. The number of rotatable bonds is 4. The molecule has 5 aromatic rings. The van der Waals surface area contributed by atoms with Gasteiger partial charge in [-0.2, -0.15) is 5.10 Å². The average Bonchev–Trinajstić information content (AvgIpc) is 3.25. The van der Waals surface area contributed by atoms with E-state index < -0.39 is 5.66 Å². The molecule has 39 heavy (non-hydrogen) atoms. The number of hydrazone groups is 1. The van der Waals surface area contributed by atoms with Crippen molar-refractivity contribution in [3.8, 4) is 0 Å². The fraction of sp³-hybridized carbons (Fsp3) is 0.0882. The third-order valence-electron chi connectivity index (χ3n) is 7.46. The predicted octanol–water partition coefficient (Wildman–Crippen LogP) is 9.12. The van der Waals surface area contributed by atoms with Gasteiger partial charge in [0, 0.05) is 32.7 Å². The summed E-state index contributed by atoms with van der Waals surface area (Å²) in [5.74, 6) is 0.933. The van der Waals surface area contributed by atoms with Crippen LogP contribution in [0, 0.1) is 0 Å². The maximum absolute atomic E-state index is 6.54. The first-order chi connectivity index (χ1) is 19.2. The van der Waals surface area contributed by atoms with Crippen LogP contribution < -0.4 is 9.91 Å². The molecule has 3 nitrogen and oxygen atoms in total. The molecular weight excluding hydrogens is 518 g/mol. The third kappa shape index (κ3) is 4.12. The van der Waals surface area contributed by atoms with E-state index in [2.05, 4.69) is 143 Å². The van der Waals surface area contributed by atoms with Gasteiger partial charge < -0.3 is 0 Å². The van der Waals surface area contributed by atoms with Crippen LogP contribution in [0.5, 0.6) is 0 Å². The number of fused-ring (bicyclic) bond motifs is 3. The van der Waals surface area contributed by atoms with E-state index in [1.165, 1.54) is 16.0 Å². The van der Waals surface area contributed by atoms with Gasteiger partial charge in [0.2, 0.25) is 0 Å². The molecule has 2 heterocycles. The van der Waals surface area contributed by atoms with Gasteiger partial charge in [0.05, 0.1) is 11.4 Å². The minimum atomic E-state index is -0.625. The summed E-state index contributed by atoms with van der Waals surface area (Å²) >= 11 is 8.45. The molecule has 2 aliphatic rings. The highest BCUT2D eigenvalue weighted by molar-refractivity contribution is 7.99. The van der Waals surface area contributed by atoms with Crippen molar-refractivity contribution in [2.75, 3.05) is 9.91 Å². The topological polar surface area (TPSA) is 18.8 Å². The summed E-state index contributed by atoms with van der Waals surface area (Å²) in [6, 6.07) is 48.9. The molecular formula is C34H26ClN3S. The van der Waals surface area contributed by atoms with Crippen molar-refractivity contribution in [1.29, 1.82) is 0 Å². The fourth-order valence-electron chi connectivity index (χ4n) is 5.76. The van der Waals surface area contributed by atoms with Gasteiger partial charge in [-0.15, -0.1) is 11.8 Å². The molecule has 190 valence electrons. The molecule has 0 aliphatic carbocycles. The smallest absolute Gasteiger partial charge is 0.167 e. The second-order valence-electron chi connectivity index (χ2n) is 9.79. The summed E-state index contributed by atoms with van der Waals surface area (Å²) in [7, 11) is 0. The summed E-state index contributed by atoms with van der Waals surface area (Å²) in [5, 5.41) is 8.57. The number of hydrogen-bond donors (Lipinski definition) is 0. The lowest BCUT2D eigenvalue weighted by Gasteiger charge is -2.45. The van der Waals surface area contributed by atoms with Crippen LogP contribution in [0.3, 0.4) is 0 Å². The molecule has 5 aromatic carbocycles. The standard InChI is InChI=1S/C34H26ClN3S/c35-28-18-12-15-26(23-28)32-24-34(27-16-6-2-7-17-27)37(30-21-10-11-22-31(30)39-32)33(25-13-4-1-5-14-25)36-38(34)29-19-8-3-9-20-29/h1-23,32H,24H2/t32-,34+/m0/s1. The van der Waals surface area contributed by atoms with E-state index in [-0.39, 0.29) is 5.25 Å². The van der Waals surface area contributed by atoms with Crippen LogP contribution in [0.15, 0.2) is 150 Å². The maximum Gasteiger partial charge on any atom is 0.167 e. The number of hydrogen-bond acceptors (Lipinski definition) is 4. The van der Waals surface area contributed by atoms with Gasteiger partial charge in [-0.25, -0.2) is 5.01 Å². The molecule has 0 saturated carbocycles. The molecule has 0 spiro atoms. The minimum absolute atomic E-state index is 0.131. The van der Waals surface area contributed by atoms with Gasteiger partial charge in [0.1, 0.15) is 0 Å². The highest BCUT2D eigenvalue weighted by Gasteiger charge is 2.55. The van der Waals surface area contributed by atoms with Crippen LogP contribution in [0.1, 0.15) is 28.4 Å². The van der Waals surface area contributed by atoms with Crippen molar-refractivity contribution >= 4 is 40.6 Å². The molecule has 5 heteroatoms. The van der Waals surface area contributed by atoms with Crippen molar-refractivity contribution in [2.45, 2.75) is 22.2 Å². The molecule has 2 atom stereocenters. The monoisotopic (exact) mass is 543 g/mol.